The second-order valence-electron chi connectivity index (χ2n) is 4.04. The van der Waals surface area contributed by atoms with Gasteiger partial charge in [0.1, 0.15) is 0 Å². The van der Waals surface area contributed by atoms with Crippen LogP contribution in [0.5, 0.6) is 0 Å². The number of aromatic nitrogens is 1. The van der Waals surface area contributed by atoms with Crippen molar-refractivity contribution < 1.29 is 0 Å². The van der Waals surface area contributed by atoms with Crippen LogP contribution in [0.15, 0.2) is 47.1 Å². The molecule has 0 spiro atoms. The summed E-state index contributed by atoms with van der Waals surface area (Å²) in [4.78, 5) is 4.35. The summed E-state index contributed by atoms with van der Waals surface area (Å²) in [6.07, 6.45) is 2.66. The van der Waals surface area contributed by atoms with Gasteiger partial charge in [0.05, 0.1) is 5.02 Å². The average Bonchev–Trinajstić information content (AvgIpc) is 2.40. The fraction of sp³-hybridized carbons (Fsp3) is 0.214. The Hall–Kier alpha value is -0.900. The monoisotopic (exact) mass is 324 g/mol. The van der Waals surface area contributed by atoms with E-state index in [9.17, 15) is 0 Å². The van der Waals surface area contributed by atoms with Crippen LogP contribution in [-0.2, 0) is 6.42 Å². The van der Waals surface area contributed by atoms with Crippen molar-refractivity contribution >= 4 is 27.5 Å². The van der Waals surface area contributed by atoms with E-state index in [0.29, 0.717) is 0 Å². The van der Waals surface area contributed by atoms with Gasteiger partial charge in [-0.2, -0.15) is 0 Å². The van der Waals surface area contributed by atoms with Gasteiger partial charge in [-0.15, -0.1) is 0 Å². The molecule has 4 heteroatoms. The van der Waals surface area contributed by atoms with Crippen LogP contribution in [-0.4, -0.2) is 12.0 Å². The molecule has 1 atom stereocenters. The summed E-state index contributed by atoms with van der Waals surface area (Å²) in [6.45, 7) is 0. The van der Waals surface area contributed by atoms with Crippen LogP contribution in [0.3, 0.4) is 0 Å². The Morgan fingerprint density at radius 3 is 2.78 bits per heavy atom. The molecule has 1 aromatic carbocycles. The first-order valence-corrected chi connectivity index (χ1v) is 6.90. The number of halogens is 2. The lowest BCUT2D eigenvalue weighted by Gasteiger charge is -2.16. The third-order valence-electron chi connectivity index (χ3n) is 2.83. The van der Waals surface area contributed by atoms with E-state index in [2.05, 4.69) is 32.3 Å². The molecule has 2 nitrogen and oxygen atoms in total. The third-order valence-corrected chi connectivity index (χ3v) is 4.07. The van der Waals surface area contributed by atoms with Crippen molar-refractivity contribution in [3.8, 4) is 0 Å². The van der Waals surface area contributed by atoms with Crippen LogP contribution in [0.25, 0.3) is 0 Å². The summed E-state index contributed by atoms with van der Waals surface area (Å²) in [6, 6.07) is 12.2. The molecule has 1 N–H and O–H groups in total. The number of nitrogens with zero attached hydrogens (tertiary/aromatic N) is 1. The maximum Gasteiger partial charge on any atom is 0.0551 e. The third kappa shape index (κ3) is 3.31. The van der Waals surface area contributed by atoms with Crippen molar-refractivity contribution in [2.45, 2.75) is 12.5 Å². The highest BCUT2D eigenvalue weighted by Crippen LogP contribution is 2.27. The zero-order valence-corrected chi connectivity index (χ0v) is 12.4. The van der Waals surface area contributed by atoms with Gasteiger partial charge >= 0.3 is 0 Å². The number of likely N-dealkylation sites (N-methyl/N-ethyl adjacent to an activating group) is 1. The SMILES string of the molecule is CNC(Cc1ccccn1)c1ccc(Br)c(Cl)c1. The molecule has 94 valence electrons. The molecule has 0 saturated carbocycles. The van der Waals surface area contributed by atoms with E-state index < -0.39 is 0 Å². The van der Waals surface area contributed by atoms with E-state index in [1.807, 2.05) is 43.6 Å². The summed E-state index contributed by atoms with van der Waals surface area (Å²) < 4.78 is 0.917. The van der Waals surface area contributed by atoms with Crippen molar-refractivity contribution in [2.75, 3.05) is 7.05 Å². The molecule has 0 aliphatic rings. The fourth-order valence-electron chi connectivity index (χ4n) is 1.84. The van der Waals surface area contributed by atoms with Crippen LogP contribution in [0.4, 0.5) is 0 Å². The highest BCUT2D eigenvalue weighted by Gasteiger charge is 2.12. The van der Waals surface area contributed by atoms with E-state index >= 15 is 0 Å². The van der Waals surface area contributed by atoms with Gasteiger partial charge in [-0.05, 0) is 52.8 Å². The molecule has 0 amide bonds. The molecule has 2 rings (SSSR count). The number of rotatable bonds is 4. The van der Waals surface area contributed by atoms with E-state index in [1.54, 1.807) is 0 Å². The molecule has 18 heavy (non-hydrogen) atoms. The summed E-state index contributed by atoms with van der Waals surface area (Å²) >= 11 is 9.53. The molecular weight excluding hydrogens is 312 g/mol. The summed E-state index contributed by atoms with van der Waals surface area (Å²) in [5, 5.41) is 4.03. The molecular formula is C14H14BrClN2. The van der Waals surface area contributed by atoms with Crippen molar-refractivity contribution in [3.63, 3.8) is 0 Å². The molecule has 1 aromatic heterocycles. The van der Waals surface area contributed by atoms with Crippen LogP contribution in [0, 0.1) is 0 Å². The fourth-order valence-corrected chi connectivity index (χ4v) is 2.28. The highest BCUT2D eigenvalue weighted by molar-refractivity contribution is 9.10. The van der Waals surface area contributed by atoms with E-state index in [4.69, 9.17) is 11.6 Å². The van der Waals surface area contributed by atoms with E-state index in [0.717, 1.165) is 27.2 Å². The molecule has 2 aromatic rings. The maximum absolute atomic E-state index is 6.13. The van der Waals surface area contributed by atoms with Crippen LogP contribution < -0.4 is 5.32 Å². The van der Waals surface area contributed by atoms with Gasteiger partial charge in [-0.25, -0.2) is 0 Å². The lowest BCUT2D eigenvalue weighted by molar-refractivity contribution is 0.584. The predicted molar refractivity (Wildman–Crippen MR) is 78.9 cm³/mol. The predicted octanol–water partition coefficient (Wildman–Crippen LogP) is 4.00. The van der Waals surface area contributed by atoms with Crippen LogP contribution in [0.1, 0.15) is 17.3 Å². The molecule has 0 bridgehead atoms. The Balaban J connectivity index is 2.20. The van der Waals surface area contributed by atoms with Crippen molar-refractivity contribution in [1.29, 1.82) is 0 Å². The zero-order valence-electron chi connectivity index (χ0n) is 10.0. The zero-order chi connectivity index (χ0) is 13.0. The van der Waals surface area contributed by atoms with Gasteiger partial charge in [-0.3, -0.25) is 4.98 Å². The normalized spacial score (nSPS) is 12.4. The van der Waals surface area contributed by atoms with Gasteiger partial charge in [0, 0.05) is 28.8 Å². The van der Waals surface area contributed by atoms with Gasteiger partial charge in [0.2, 0.25) is 0 Å². The number of nitrogens with one attached hydrogen (secondary N) is 1. The Morgan fingerprint density at radius 2 is 2.17 bits per heavy atom. The van der Waals surface area contributed by atoms with Crippen molar-refractivity contribution in [2.24, 2.45) is 0 Å². The quantitative estimate of drug-likeness (QED) is 0.919. The molecule has 0 fully saturated rings. The first-order valence-electron chi connectivity index (χ1n) is 5.73. The largest absolute Gasteiger partial charge is 0.313 e. The van der Waals surface area contributed by atoms with Gasteiger partial charge in [-0.1, -0.05) is 23.7 Å². The second-order valence-corrected chi connectivity index (χ2v) is 5.30. The first kappa shape index (κ1) is 13.5. The topological polar surface area (TPSA) is 24.9 Å². The molecule has 0 aliphatic heterocycles. The second kappa shape index (κ2) is 6.32. The summed E-state index contributed by atoms with van der Waals surface area (Å²) in [5.41, 5.74) is 2.23. The lowest BCUT2D eigenvalue weighted by Crippen LogP contribution is -2.19. The average molecular weight is 326 g/mol. The minimum absolute atomic E-state index is 0.213. The van der Waals surface area contributed by atoms with E-state index in [-0.39, 0.29) is 6.04 Å². The van der Waals surface area contributed by atoms with Gasteiger partial charge in [0.25, 0.3) is 0 Å². The Bertz CT molecular complexity index is 516. The van der Waals surface area contributed by atoms with E-state index in [1.165, 1.54) is 0 Å². The lowest BCUT2D eigenvalue weighted by atomic mass is 10.0. The Kier molecular flexibility index (Phi) is 4.75. The highest BCUT2D eigenvalue weighted by atomic mass is 79.9. The smallest absolute Gasteiger partial charge is 0.0551 e. The van der Waals surface area contributed by atoms with Crippen molar-refractivity contribution in [1.82, 2.24) is 10.3 Å². The summed E-state index contributed by atoms with van der Waals surface area (Å²) in [7, 11) is 1.95. The van der Waals surface area contributed by atoms with Crippen LogP contribution >= 0.6 is 27.5 Å². The minimum Gasteiger partial charge on any atom is -0.313 e. The molecule has 0 aliphatic carbocycles. The molecule has 0 saturated heterocycles. The van der Waals surface area contributed by atoms with Gasteiger partial charge < -0.3 is 5.32 Å². The van der Waals surface area contributed by atoms with Gasteiger partial charge in [0.15, 0.2) is 0 Å². The number of hydrogen-bond acceptors (Lipinski definition) is 2. The molecule has 1 heterocycles. The minimum atomic E-state index is 0.213. The first-order chi connectivity index (χ1) is 8.70. The number of pyridine rings is 1. The Morgan fingerprint density at radius 1 is 1.33 bits per heavy atom. The van der Waals surface area contributed by atoms with Crippen molar-refractivity contribution in [3.05, 3.63) is 63.3 Å². The summed E-state index contributed by atoms with van der Waals surface area (Å²) in [5.74, 6) is 0. The van der Waals surface area contributed by atoms with Crippen LogP contribution in [0.2, 0.25) is 5.02 Å². The Labute approximate surface area is 121 Å². The number of benzene rings is 1. The maximum atomic E-state index is 6.13. The number of hydrogen-bond donors (Lipinski definition) is 1. The molecule has 0 radical (unpaired) electrons. The standard InChI is InChI=1S/C14H14BrClN2/c1-17-14(9-11-4-2-3-7-18-11)10-5-6-12(15)13(16)8-10/h2-8,14,17H,9H2,1H3. The molecule has 1 unspecified atom stereocenters.